The molecule has 0 saturated carbocycles. The summed E-state index contributed by atoms with van der Waals surface area (Å²) >= 11 is 0. The Morgan fingerprint density at radius 1 is 1.17 bits per heavy atom. The van der Waals surface area contributed by atoms with E-state index in [1.54, 1.807) is 19.9 Å². The zero-order valence-corrected chi connectivity index (χ0v) is 13.6. The quantitative estimate of drug-likeness (QED) is 0.786. The van der Waals surface area contributed by atoms with Crippen molar-refractivity contribution in [3.8, 4) is 11.5 Å². The third-order valence-corrected chi connectivity index (χ3v) is 2.59. The van der Waals surface area contributed by atoms with Crippen LogP contribution in [-0.4, -0.2) is 37.4 Å². The van der Waals surface area contributed by atoms with E-state index in [-0.39, 0.29) is 37.1 Å². The topological polar surface area (TPSA) is 73.6 Å². The maximum Gasteiger partial charge on any atom is 0.422 e. The Kier molecular flexibility index (Phi) is 8.19. The SMILES string of the molecule is CC(C)(CN)NC(=O)COc1ccccc1OCC(F)(F)F.Cl. The maximum atomic E-state index is 12.2. The van der Waals surface area contributed by atoms with Crippen LogP contribution in [0.4, 0.5) is 13.2 Å². The number of nitrogens with one attached hydrogen (secondary N) is 1. The molecule has 0 aromatic heterocycles. The van der Waals surface area contributed by atoms with E-state index in [9.17, 15) is 18.0 Å². The second kappa shape index (κ2) is 8.83. The molecule has 1 aromatic rings. The number of halogens is 4. The summed E-state index contributed by atoms with van der Waals surface area (Å²) in [6.45, 7) is 1.94. The molecule has 0 aliphatic carbocycles. The van der Waals surface area contributed by atoms with Gasteiger partial charge in [-0.2, -0.15) is 13.2 Å². The summed E-state index contributed by atoms with van der Waals surface area (Å²) in [4.78, 5) is 11.7. The van der Waals surface area contributed by atoms with Crippen LogP contribution in [0.5, 0.6) is 11.5 Å². The van der Waals surface area contributed by atoms with E-state index in [2.05, 4.69) is 10.1 Å². The fourth-order valence-electron chi connectivity index (χ4n) is 1.46. The van der Waals surface area contributed by atoms with Crippen molar-refractivity contribution in [2.24, 2.45) is 5.73 Å². The molecule has 0 unspecified atom stereocenters. The number of para-hydroxylation sites is 2. The first kappa shape index (κ1) is 21.3. The van der Waals surface area contributed by atoms with E-state index in [0.29, 0.717) is 0 Å². The average molecular weight is 357 g/mol. The number of benzene rings is 1. The molecule has 0 fully saturated rings. The number of carbonyl (C=O) groups is 1. The Morgan fingerprint density at radius 2 is 1.70 bits per heavy atom. The summed E-state index contributed by atoms with van der Waals surface area (Å²) in [6, 6.07) is 5.84. The van der Waals surface area contributed by atoms with Gasteiger partial charge in [-0.05, 0) is 26.0 Å². The molecule has 0 radical (unpaired) electrons. The predicted molar refractivity (Wildman–Crippen MR) is 82.0 cm³/mol. The highest BCUT2D eigenvalue weighted by molar-refractivity contribution is 5.85. The maximum absolute atomic E-state index is 12.2. The molecule has 0 aliphatic heterocycles. The molecule has 0 spiro atoms. The second-order valence-corrected chi connectivity index (χ2v) is 5.28. The number of amides is 1. The zero-order chi connectivity index (χ0) is 16.8. The van der Waals surface area contributed by atoms with Crippen molar-refractivity contribution in [2.75, 3.05) is 19.8 Å². The standard InChI is InChI=1S/C14H19F3N2O3.ClH/c1-13(2,8-18)19-12(20)7-21-10-5-3-4-6-11(10)22-9-14(15,16)17;/h3-6H,7-9,18H2,1-2H3,(H,19,20);1H. The van der Waals surface area contributed by atoms with E-state index in [4.69, 9.17) is 10.5 Å². The number of ether oxygens (including phenoxy) is 2. The Hall–Kier alpha value is -1.67. The van der Waals surface area contributed by atoms with Gasteiger partial charge in [-0.15, -0.1) is 12.4 Å². The van der Waals surface area contributed by atoms with Crippen LogP contribution in [0.2, 0.25) is 0 Å². The Bertz CT molecular complexity index is 510. The molecule has 5 nitrogen and oxygen atoms in total. The van der Waals surface area contributed by atoms with Gasteiger partial charge < -0.3 is 20.5 Å². The zero-order valence-electron chi connectivity index (χ0n) is 12.8. The van der Waals surface area contributed by atoms with E-state index < -0.39 is 24.2 Å². The first-order valence-corrected chi connectivity index (χ1v) is 6.55. The molecule has 1 rings (SSSR count). The van der Waals surface area contributed by atoms with Crippen LogP contribution >= 0.6 is 12.4 Å². The molecule has 0 saturated heterocycles. The van der Waals surface area contributed by atoms with Gasteiger partial charge in [0.15, 0.2) is 24.7 Å². The fourth-order valence-corrected chi connectivity index (χ4v) is 1.46. The second-order valence-electron chi connectivity index (χ2n) is 5.28. The fraction of sp³-hybridized carbons (Fsp3) is 0.500. The molecular weight excluding hydrogens is 337 g/mol. The Balaban J connectivity index is 0.00000484. The molecule has 23 heavy (non-hydrogen) atoms. The third-order valence-electron chi connectivity index (χ3n) is 2.59. The van der Waals surface area contributed by atoms with Crippen molar-refractivity contribution in [1.29, 1.82) is 0 Å². The number of hydrogen-bond acceptors (Lipinski definition) is 4. The lowest BCUT2D eigenvalue weighted by Gasteiger charge is -2.24. The minimum absolute atomic E-state index is 0. The summed E-state index contributed by atoms with van der Waals surface area (Å²) in [5.74, 6) is -0.445. The van der Waals surface area contributed by atoms with Crippen LogP contribution in [0.1, 0.15) is 13.8 Å². The van der Waals surface area contributed by atoms with Gasteiger partial charge in [0.25, 0.3) is 5.91 Å². The van der Waals surface area contributed by atoms with Crippen molar-refractivity contribution in [1.82, 2.24) is 5.32 Å². The molecule has 0 bridgehead atoms. The van der Waals surface area contributed by atoms with Gasteiger partial charge in [0, 0.05) is 12.1 Å². The first-order valence-electron chi connectivity index (χ1n) is 6.55. The minimum atomic E-state index is -4.45. The summed E-state index contributed by atoms with van der Waals surface area (Å²) in [6.07, 6.45) is -4.45. The number of carbonyl (C=O) groups excluding carboxylic acids is 1. The number of nitrogens with two attached hydrogens (primary N) is 1. The summed E-state index contributed by atoms with van der Waals surface area (Å²) < 4.78 is 46.4. The van der Waals surface area contributed by atoms with Gasteiger partial charge in [-0.1, -0.05) is 12.1 Å². The van der Waals surface area contributed by atoms with Crippen LogP contribution in [0.15, 0.2) is 24.3 Å². The Labute approximate surface area is 138 Å². The molecule has 3 N–H and O–H groups in total. The molecule has 0 aliphatic rings. The number of rotatable bonds is 7. The minimum Gasteiger partial charge on any atom is -0.480 e. The highest BCUT2D eigenvalue weighted by atomic mass is 35.5. The molecular formula is C14H20ClF3N2O3. The van der Waals surface area contributed by atoms with Crippen molar-refractivity contribution in [2.45, 2.75) is 25.6 Å². The van der Waals surface area contributed by atoms with Gasteiger partial charge in [0.2, 0.25) is 0 Å². The smallest absolute Gasteiger partial charge is 0.422 e. The molecule has 9 heteroatoms. The van der Waals surface area contributed by atoms with Crippen LogP contribution in [0, 0.1) is 0 Å². The summed E-state index contributed by atoms with van der Waals surface area (Å²) in [5.41, 5.74) is 4.89. The molecule has 0 atom stereocenters. The normalized spacial score (nSPS) is 11.4. The van der Waals surface area contributed by atoms with Gasteiger partial charge in [-0.25, -0.2) is 0 Å². The average Bonchev–Trinajstić information content (AvgIpc) is 2.42. The van der Waals surface area contributed by atoms with Gasteiger partial charge >= 0.3 is 6.18 Å². The van der Waals surface area contributed by atoms with Gasteiger partial charge in [0.05, 0.1) is 0 Å². The highest BCUT2D eigenvalue weighted by Gasteiger charge is 2.29. The van der Waals surface area contributed by atoms with Crippen LogP contribution < -0.4 is 20.5 Å². The van der Waals surface area contributed by atoms with E-state index in [1.807, 2.05) is 0 Å². The first-order chi connectivity index (χ1) is 10.1. The van der Waals surface area contributed by atoms with E-state index in [1.165, 1.54) is 18.2 Å². The van der Waals surface area contributed by atoms with Crippen LogP contribution in [0.25, 0.3) is 0 Å². The highest BCUT2D eigenvalue weighted by Crippen LogP contribution is 2.28. The van der Waals surface area contributed by atoms with E-state index >= 15 is 0 Å². The van der Waals surface area contributed by atoms with Crippen molar-refractivity contribution in [3.63, 3.8) is 0 Å². The molecule has 1 aromatic carbocycles. The lowest BCUT2D eigenvalue weighted by Crippen LogP contribution is -2.50. The van der Waals surface area contributed by atoms with Crippen LogP contribution in [0.3, 0.4) is 0 Å². The summed E-state index contributed by atoms with van der Waals surface area (Å²) in [7, 11) is 0. The van der Waals surface area contributed by atoms with Crippen molar-refractivity contribution >= 4 is 18.3 Å². The molecule has 1 amide bonds. The Morgan fingerprint density at radius 3 is 2.17 bits per heavy atom. The largest absolute Gasteiger partial charge is 0.480 e. The molecule has 0 heterocycles. The van der Waals surface area contributed by atoms with E-state index in [0.717, 1.165) is 0 Å². The third kappa shape index (κ3) is 8.51. The molecule has 132 valence electrons. The van der Waals surface area contributed by atoms with Crippen LogP contribution in [-0.2, 0) is 4.79 Å². The van der Waals surface area contributed by atoms with Crippen molar-refractivity contribution < 1.29 is 27.4 Å². The number of hydrogen-bond donors (Lipinski definition) is 2. The van der Waals surface area contributed by atoms with Gasteiger partial charge in [0.1, 0.15) is 0 Å². The predicted octanol–water partition coefficient (Wildman–Crippen LogP) is 2.28. The van der Waals surface area contributed by atoms with Gasteiger partial charge in [-0.3, -0.25) is 4.79 Å². The monoisotopic (exact) mass is 356 g/mol. The summed E-state index contributed by atoms with van der Waals surface area (Å²) in [5, 5.41) is 2.64. The van der Waals surface area contributed by atoms with Crippen molar-refractivity contribution in [3.05, 3.63) is 24.3 Å². The number of alkyl halides is 3. The lowest BCUT2D eigenvalue weighted by molar-refractivity contribution is -0.153. The lowest BCUT2D eigenvalue weighted by atomic mass is 10.1.